The lowest BCUT2D eigenvalue weighted by molar-refractivity contribution is 1.19. The Labute approximate surface area is 468 Å². The molecule has 0 radical (unpaired) electrons. The first-order valence-corrected chi connectivity index (χ1v) is 27.0. The van der Waals surface area contributed by atoms with E-state index in [1.807, 2.05) is 170 Å². The van der Waals surface area contributed by atoms with Crippen LogP contribution in [0, 0.1) is 22.7 Å². The molecule has 0 amide bonds. The highest BCUT2D eigenvalue weighted by atomic mass is 16.1. The standard InChI is InChI=1S/2C37H21N3O/c38-22-26-16-17-30-34-29(19-18-28(33(26)34)24-12-6-2-7-13-24)36-39-35-31(25-14-8-3-9-15-25)20-27(23-10-4-1-5-11-23)21-32(35)40(36)37(30)41;38-22-26-16-17-29-34-30(19-18-28(33(26)34)24-12-6-2-7-13-24)37(41)40-32-21-27(23-10-4-1-5-11-23)20-31(35(32)39-36(29)40)25-14-8-3-9-15-25/h2*1-21H. The van der Waals surface area contributed by atoms with E-state index in [0.717, 1.165) is 121 Å². The smallest absolute Gasteiger partial charge is 0.264 e. The number of nitriles is 2. The fourth-order valence-electron chi connectivity index (χ4n) is 12.3. The van der Waals surface area contributed by atoms with E-state index in [0.29, 0.717) is 33.2 Å². The van der Waals surface area contributed by atoms with Gasteiger partial charge in [-0.25, -0.2) is 9.97 Å². The third kappa shape index (κ3) is 7.44. The number of nitrogens with zero attached hydrogens (tertiary/aromatic N) is 6. The Kier molecular flexibility index (Phi) is 11.1. The van der Waals surface area contributed by atoms with E-state index in [1.54, 1.807) is 20.9 Å². The van der Waals surface area contributed by atoms with Crippen LogP contribution in [0.1, 0.15) is 11.1 Å². The van der Waals surface area contributed by atoms with Gasteiger partial charge in [0.15, 0.2) is 0 Å². The Balaban J connectivity index is 0.000000140. The minimum Gasteiger partial charge on any atom is -0.268 e. The molecule has 16 rings (SSSR count). The van der Waals surface area contributed by atoms with Crippen molar-refractivity contribution >= 4 is 76.5 Å². The summed E-state index contributed by atoms with van der Waals surface area (Å²) in [7, 11) is 0. The fourth-order valence-corrected chi connectivity index (χ4v) is 12.3. The molecule has 82 heavy (non-hydrogen) atoms. The largest absolute Gasteiger partial charge is 0.268 e. The maximum atomic E-state index is 14.4. The molecule has 4 aromatic heterocycles. The summed E-state index contributed by atoms with van der Waals surface area (Å²) in [5.41, 5.74) is 17.1. The fraction of sp³-hybridized carbons (Fsp3) is 0. The highest BCUT2D eigenvalue weighted by Crippen LogP contribution is 2.43. The molecule has 0 unspecified atom stereocenters. The van der Waals surface area contributed by atoms with Gasteiger partial charge in [-0.1, -0.05) is 194 Å². The number of aromatic nitrogens is 4. The molecule has 8 heteroatoms. The average molecular weight is 1050 g/mol. The van der Waals surface area contributed by atoms with E-state index in [1.165, 1.54) is 0 Å². The molecule has 0 bridgehead atoms. The average Bonchev–Trinajstić information content (AvgIpc) is 4.32. The maximum absolute atomic E-state index is 14.4. The molecule has 0 spiro atoms. The molecule has 0 saturated heterocycles. The van der Waals surface area contributed by atoms with E-state index in [4.69, 9.17) is 9.97 Å². The van der Waals surface area contributed by atoms with Crippen LogP contribution in [0.4, 0.5) is 0 Å². The first kappa shape index (κ1) is 47.6. The first-order valence-electron chi connectivity index (χ1n) is 27.0. The van der Waals surface area contributed by atoms with Crippen LogP contribution < -0.4 is 11.1 Å². The highest BCUT2D eigenvalue weighted by molar-refractivity contribution is 6.23. The van der Waals surface area contributed by atoms with Gasteiger partial charge in [0.1, 0.15) is 11.3 Å². The first-order chi connectivity index (χ1) is 40.4. The molecule has 4 heterocycles. The Hall–Kier alpha value is -11.6. The van der Waals surface area contributed by atoms with Crippen LogP contribution >= 0.6 is 0 Å². The molecule has 0 N–H and O–H groups in total. The van der Waals surface area contributed by atoms with Crippen molar-refractivity contribution in [3.8, 4) is 78.9 Å². The molecule has 0 saturated carbocycles. The van der Waals surface area contributed by atoms with Gasteiger partial charge in [0.25, 0.3) is 11.1 Å². The Morgan fingerprint density at radius 2 is 0.598 bits per heavy atom. The van der Waals surface area contributed by atoms with Crippen LogP contribution in [0.5, 0.6) is 0 Å². The molecule has 0 fully saturated rings. The molecule has 0 aliphatic rings. The van der Waals surface area contributed by atoms with Gasteiger partial charge in [0.05, 0.1) is 45.3 Å². The van der Waals surface area contributed by atoms with Crippen LogP contribution in [0.25, 0.3) is 143 Å². The van der Waals surface area contributed by atoms with Gasteiger partial charge in [0.2, 0.25) is 0 Å². The van der Waals surface area contributed by atoms with E-state index >= 15 is 0 Å². The lowest BCUT2D eigenvalue weighted by atomic mass is 9.91. The van der Waals surface area contributed by atoms with Crippen molar-refractivity contribution < 1.29 is 0 Å². The summed E-state index contributed by atoms with van der Waals surface area (Å²) in [6.07, 6.45) is 0. The van der Waals surface area contributed by atoms with E-state index < -0.39 is 0 Å². The molecule has 0 aliphatic carbocycles. The zero-order chi connectivity index (χ0) is 55.0. The van der Waals surface area contributed by atoms with Crippen molar-refractivity contribution in [1.29, 1.82) is 10.5 Å². The minimum atomic E-state index is -0.140. The van der Waals surface area contributed by atoms with E-state index in [-0.39, 0.29) is 11.1 Å². The number of pyridine rings is 2. The second-order valence-corrected chi connectivity index (χ2v) is 20.5. The van der Waals surface area contributed by atoms with Crippen LogP contribution in [0.3, 0.4) is 0 Å². The minimum absolute atomic E-state index is 0.140. The van der Waals surface area contributed by atoms with Gasteiger partial charge in [-0.15, -0.1) is 0 Å². The predicted molar refractivity (Wildman–Crippen MR) is 332 cm³/mol. The number of benzene rings is 12. The SMILES string of the molecule is N#Cc1ccc2c(=O)n3c4cc(-c5ccccc5)cc(-c5ccccc5)c4nc3c3ccc(-c4ccccc4)c1c23.N#Cc1ccc2c3c1c(-c1ccccc1)ccc3c(=O)n1c3cc(-c4ccccc4)cc(-c4ccccc4)c3nc21. The van der Waals surface area contributed by atoms with Crippen molar-refractivity contribution in [1.82, 2.24) is 18.8 Å². The van der Waals surface area contributed by atoms with Crippen molar-refractivity contribution in [2.45, 2.75) is 0 Å². The predicted octanol–water partition coefficient (Wildman–Crippen LogP) is 16.9. The summed E-state index contributed by atoms with van der Waals surface area (Å²) in [5, 5.41) is 26.2. The van der Waals surface area contributed by atoms with Crippen LogP contribution in [0.15, 0.2) is 264 Å². The van der Waals surface area contributed by atoms with E-state index in [9.17, 15) is 20.1 Å². The number of imidazole rings is 2. The molecule has 8 nitrogen and oxygen atoms in total. The monoisotopic (exact) mass is 1050 g/mol. The van der Waals surface area contributed by atoms with Gasteiger partial charge in [-0.3, -0.25) is 18.4 Å². The van der Waals surface area contributed by atoms with Gasteiger partial charge < -0.3 is 0 Å². The molecular formula is C74H42N6O2. The van der Waals surface area contributed by atoms with Crippen molar-refractivity contribution in [2.24, 2.45) is 0 Å². The zero-order valence-electron chi connectivity index (χ0n) is 43.7. The van der Waals surface area contributed by atoms with Gasteiger partial charge in [-0.05, 0) is 116 Å². The lowest BCUT2D eigenvalue weighted by Gasteiger charge is -2.13. The second-order valence-electron chi connectivity index (χ2n) is 20.5. The van der Waals surface area contributed by atoms with Gasteiger partial charge >= 0.3 is 0 Å². The Bertz CT molecular complexity index is 5140. The number of hydrogen-bond donors (Lipinski definition) is 0. The number of rotatable bonds is 6. The maximum Gasteiger partial charge on any atom is 0.264 e. The molecule has 0 atom stereocenters. The Morgan fingerprint density at radius 3 is 0.951 bits per heavy atom. The topological polar surface area (TPSA) is 116 Å². The molecule has 380 valence electrons. The van der Waals surface area contributed by atoms with Gasteiger partial charge in [0, 0.05) is 54.2 Å². The van der Waals surface area contributed by atoms with Crippen LogP contribution in [-0.2, 0) is 0 Å². The summed E-state index contributed by atoms with van der Waals surface area (Å²) < 4.78 is 3.50. The molecule has 16 aromatic rings. The summed E-state index contributed by atoms with van der Waals surface area (Å²) in [4.78, 5) is 39.0. The highest BCUT2D eigenvalue weighted by Gasteiger charge is 2.25. The summed E-state index contributed by atoms with van der Waals surface area (Å²) in [6.45, 7) is 0. The van der Waals surface area contributed by atoms with Crippen LogP contribution in [0.2, 0.25) is 0 Å². The van der Waals surface area contributed by atoms with E-state index in [2.05, 4.69) is 84.9 Å². The van der Waals surface area contributed by atoms with Crippen molar-refractivity contribution in [3.05, 3.63) is 287 Å². The molecule has 12 aromatic carbocycles. The number of hydrogen-bond acceptors (Lipinski definition) is 6. The van der Waals surface area contributed by atoms with Crippen molar-refractivity contribution in [2.75, 3.05) is 0 Å². The normalized spacial score (nSPS) is 11.5. The molecule has 0 aliphatic heterocycles. The lowest BCUT2D eigenvalue weighted by Crippen LogP contribution is -2.13. The third-order valence-electron chi connectivity index (χ3n) is 16.0. The Morgan fingerprint density at radius 1 is 0.293 bits per heavy atom. The van der Waals surface area contributed by atoms with Gasteiger partial charge in [-0.2, -0.15) is 10.5 Å². The number of fused-ring (bicyclic) bond motifs is 8. The summed E-state index contributed by atoms with van der Waals surface area (Å²) in [5.74, 6) is 0. The summed E-state index contributed by atoms with van der Waals surface area (Å²) in [6, 6.07) is 89.2. The van der Waals surface area contributed by atoms with Crippen molar-refractivity contribution in [3.63, 3.8) is 0 Å². The zero-order valence-corrected chi connectivity index (χ0v) is 43.7. The molecular weight excluding hydrogens is 1000 g/mol. The summed E-state index contributed by atoms with van der Waals surface area (Å²) >= 11 is 0. The third-order valence-corrected chi connectivity index (χ3v) is 16.0. The van der Waals surface area contributed by atoms with Crippen LogP contribution in [-0.4, -0.2) is 18.8 Å². The quantitative estimate of drug-likeness (QED) is 0.164. The second kappa shape index (κ2) is 19.1.